The third-order valence-electron chi connectivity index (χ3n) is 2.42. The van der Waals surface area contributed by atoms with Crippen LogP contribution in [0.5, 0.6) is 5.75 Å². The number of phenolic OH excluding ortho intramolecular Hbond substituents is 1. The third kappa shape index (κ3) is 2.42. The van der Waals surface area contributed by atoms with Crippen LogP contribution < -0.4 is 5.73 Å². The van der Waals surface area contributed by atoms with Gasteiger partial charge in [0.05, 0.1) is 0 Å². The molecule has 0 bridgehead atoms. The molecule has 0 aliphatic carbocycles. The highest BCUT2D eigenvalue weighted by atomic mass is 16.3. The second-order valence-electron chi connectivity index (χ2n) is 3.67. The zero-order valence-electron chi connectivity index (χ0n) is 9.54. The van der Waals surface area contributed by atoms with E-state index in [0.717, 1.165) is 5.69 Å². The number of phenols is 1. The van der Waals surface area contributed by atoms with E-state index < -0.39 is 0 Å². The van der Waals surface area contributed by atoms with E-state index in [2.05, 4.69) is 5.11 Å². The van der Waals surface area contributed by atoms with Crippen molar-refractivity contribution < 1.29 is 9.80 Å². The molecule has 2 rings (SSSR count). The molecule has 3 N–H and O–H groups in total. The number of anilines is 1. The quantitative estimate of drug-likeness (QED) is 0.471. The van der Waals surface area contributed by atoms with Crippen molar-refractivity contribution in [2.75, 3.05) is 12.8 Å². The molecule has 0 atom stereocenters. The Balaban J connectivity index is 2.42. The van der Waals surface area contributed by atoms with Gasteiger partial charge >= 0.3 is 0 Å². The molecular weight excluding hydrogens is 214 g/mol. The first kappa shape index (κ1) is 11.1. The molecule has 2 aromatic rings. The zero-order chi connectivity index (χ0) is 12.3. The minimum absolute atomic E-state index is 0.147. The Kier molecular flexibility index (Phi) is 3.05. The summed E-state index contributed by atoms with van der Waals surface area (Å²) >= 11 is 0. The predicted octanol–water partition coefficient (Wildman–Crippen LogP) is 3.03. The molecule has 17 heavy (non-hydrogen) atoms. The van der Waals surface area contributed by atoms with Crippen molar-refractivity contribution in [3.63, 3.8) is 0 Å². The van der Waals surface area contributed by atoms with Gasteiger partial charge in [-0.3, -0.25) is 0 Å². The Hall–Kier alpha value is -2.36. The molecule has 0 heterocycles. The van der Waals surface area contributed by atoms with Crippen molar-refractivity contribution >= 4 is 17.1 Å². The van der Waals surface area contributed by atoms with E-state index in [0.29, 0.717) is 11.4 Å². The number of aromatic hydroxyl groups is 1. The number of benzene rings is 2. The largest absolute Gasteiger partial charge is 0.505 e. The van der Waals surface area contributed by atoms with E-state index >= 15 is 0 Å². The number of azo groups is 2. The number of rotatable bonds is 2. The van der Waals surface area contributed by atoms with Crippen molar-refractivity contribution in [3.05, 3.63) is 48.5 Å². The van der Waals surface area contributed by atoms with Gasteiger partial charge in [-0.2, -0.15) is 0 Å². The second kappa shape index (κ2) is 4.65. The Bertz CT molecular complexity index is 564. The van der Waals surface area contributed by atoms with E-state index in [-0.39, 0.29) is 5.75 Å². The number of hydrogen-bond donors (Lipinski definition) is 2. The molecule has 4 heteroatoms. The Morgan fingerprint density at radius 2 is 1.71 bits per heavy atom. The van der Waals surface area contributed by atoms with Gasteiger partial charge in [-0.05, 0) is 18.2 Å². The monoisotopic (exact) mass is 228 g/mol. The van der Waals surface area contributed by atoms with E-state index in [4.69, 9.17) is 5.73 Å². The maximum Gasteiger partial charge on any atom is 0.254 e. The summed E-state index contributed by atoms with van der Waals surface area (Å²) in [7, 11) is 1.79. The van der Waals surface area contributed by atoms with Crippen LogP contribution >= 0.6 is 0 Å². The second-order valence-corrected chi connectivity index (χ2v) is 3.67. The first-order valence-corrected chi connectivity index (χ1v) is 5.26. The summed E-state index contributed by atoms with van der Waals surface area (Å²) in [5, 5.41) is 13.9. The lowest BCUT2D eigenvalue weighted by Crippen LogP contribution is -1.97. The summed E-state index contributed by atoms with van der Waals surface area (Å²) < 4.78 is 1.64. The van der Waals surface area contributed by atoms with E-state index in [1.54, 1.807) is 29.9 Å². The van der Waals surface area contributed by atoms with Crippen LogP contribution in [0.2, 0.25) is 0 Å². The van der Waals surface area contributed by atoms with Gasteiger partial charge in [0.25, 0.3) is 5.69 Å². The molecule has 0 saturated heterocycles. The maximum absolute atomic E-state index is 9.62. The fourth-order valence-corrected chi connectivity index (χ4v) is 1.55. The fourth-order valence-electron chi connectivity index (χ4n) is 1.55. The predicted molar refractivity (Wildman–Crippen MR) is 66.9 cm³/mol. The average molecular weight is 228 g/mol. The molecule has 0 aliphatic heterocycles. The minimum Gasteiger partial charge on any atom is -0.505 e. The van der Waals surface area contributed by atoms with Crippen LogP contribution in [-0.4, -0.2) is 16.9 Å². The van der Waals surface area contributed by atoms with Crippen molar-refractivity contribution in [1.29, 1.82) is 0 Å². The summed E-state index contributed by atoms with van der Waals surface area (Å²) in [6.07, 6.45) is 0. The van der Waals surface area contributed by atoms with E-state index in [9.17, 15) is 5.11 Å². The molecule has 4 nitrogen and oxygen atoms in total. The highest BCUT2D eigenvalue weighted by Gasteiger charge is 2.10. The van der Waals surface area contributed by atoms with Crippen LogP contribution in [0.1, 0.15) is 0 Å². The number of nitrogens with zero attached hydrogens (tertiary/aromatic N) is 2. The molecule has 0 unspecified atom stereocenters. The van der Waals surface area contributed by atoms with Gasteiger partial charge in [-0.25, -0.2) is 0 Å². The summed E-state index contributed by atoms with van der Waals surface area (Å²) in [5.41, 5.74) is 7.81. The van der Waals surface area contributed by atoms with Crippen molar-refractivity contribution in [3.8, 4) is 5.75 Å². The lowest BCUT2D eigenvalue weighted by Gasteiger charge is -1.99. The van der Waals surface area contributed by atoms with Gasteiger partial charge in [0.1, 0.15) is 11.4 Å². The number of hydrogen-bond acceptors (Lipinski definition) is 3. The molecule has 0 aromatic heterocycles. The van der Waals surface area contributed by atoms with Gasteiger partial charge < -0.3 is 10.8 Å². The maximum atomic E-state index is 9.62. The zero-order valence-corrected chi connectivity index (χ0v) is 9.54. The molecule has 0 fully saturated rings. The number of nitrogens with two attached hydrogens (primary N) is 1. The highest BCUT2D eigenvalue weighted by molar-refractivity contribution is 5.57. The van der Waals surface area contributed by atoms with Crippen LogP contribution in [0.15, 0.2) is 53.6 Å². The SMILES string of the molecule is C[N+](=Nc1ccccc1O)c1ccccc1N. The van der Waals surface area contributed by atoms with Crippen LogP contribution in [0.4, 0.5) is 17.1 Å². The Morgan fingerprint density at radius 3 is 2.41 bits per heavy atom. The summed E-state index contributed by atoms with van der Waals surface area (Å²) in [4.78, 5) is 0. The smallest absolute Gasteiger partial charge is 0.254 e. The summed E-state index contributed by atoms with van der Waals surface area (Å²) in [6, 6.07) is 14.4. The van der Waals surface area contributed by atoms with Crippen LogP contribution in [0.3, 0.4) is 0 Å². The van der Waals surface area contributed by atoms with Gasteiger partial charge in [-0.1, -0.05) is 29.0 Å². The van der Waals surface area contributed by atoms with Crippen molar-refractivity contribution in [2.24, 2.45) is 5.11 Å². The van der Waals surface area contributed by atoms with Crippen molar-refractivity contribution in [2.45, 2.75) is 0 Å². The van der Waals surface area contributed by atoms with Crippen LogP contribution in [0, 0.1) is 0 Å². The summed E-state index contributed by atoms with van der Waals surface area (Å²) in [6.45, 7) is 0. The fraction of sp³-hybridized carbons (Fsp3) is 0.0769. The highest BCUT2D eigenvalue weighted by Crippen LogP contribution is 2.28. The summed E-state index contributed by atoms with van der Waals surface area (Å²) in [5.74, 6) is 0.147. The molecule has 0 saturated carbocycles. The molecular formula is C13H14N3O+. The first-order valence-electron chi connectivity index (χ1n) is 5.26. The Morgan fingerprint density at radius 1 is 1.06 bits per heavy atom. The molecule has 0 radical (unpaired) electrons. The minimum atomic E-state index is 0.147. The van der Waals surface area contributed by atoms with Gasteiger partial charge in [0.2, 0.25) is 0 Å². The molecule has 86 valence electrons. The van der Waals surface area contributed by atoms with E-state index in [1.807, 2.05) is 30.3 Å². The normalized spacial score (nSPS) is 11.5. The number of nitrogen functional groups attached to an aromatic ring is 1. The Labute approximate surface area is 99.6 Å². The molecule has 0 amide bonds. The lowest BCUT2D eigenvalue weighted by atomic mass is 10.3. The molecule has 2 aromatic carbocycles. The van der Waals surface area contributed by atoms with Crippen LogP contribution in [0.25, 0.3) is 0 Å². The van der Waals surface area contributed by atoms with Crippen molar-refractivity contribution in [1.82, 2.24) is 0 Å². The van der Waals surface area contributed by atoms with Gasteiger partial charge in [0, 0.05) is 11.2 Å². The lowest BCUT2D eigenvalue weighted by molar-refractivity contribution is -0.475. The topological polar surface area (TPSA) is 61.6 Å². The van der Waals surface area contributed by atoms with Gasteiger partial charge in [-0.15, -0.1) is 0 Å². The first-order chi connectivity index (χ1) is 8.18. The number of para-hydroxylation sites is 3. The van der Waals surface area contributed by atoms with E-state index in [1.165, 1.54) is 0 Å². The third-order valence-corrected chi connectivity index (χ3v) is 2.42. The van der Waals surface area contributed by atoms with Gasteiger partial charge in [0.15, 0.2) is 12.7 Å². The standard InChI is InChI=1S/C13H13N3O/c1-16(12-8-4-2-6-10(12)14)15-11-7-3-5-9-13(11)17/h2-9H,14H2,1H3/p+1. The van der Waals surface area contributed by atoms with Crippen LogP contribution in [-0.2, 0) is 0 Å². The average Bonchev–Trinajstić information content (AvgIpc) is 2.32. The molecule has 0 spiro atoms. The molecule has 0 aliphatic rings.